The second-order valence-electron chi connectivity index (χ2n) is 5.69. The molecular weight excluding hydrogens is 346 g/mol. The summed E-state index contributed by atoms with van der Waals surface area (Å²) in [5, 5.41) is 3.47. The number of rotatable bonds is 6. The van der Waals surface area contributed by atoms with Crippen molar-refractivity contribution in [2.24, 2.45) is 5.73 Å². The van der Waals surface area contributed by atoms with Crippen molar-refractivity contribution in [2.45, 2.75) is 38.6 Å². The van der Waals surface area contributed by atoms with Gasteiger partial charge < -0.3 is 16.0 Å². The maximum atomic E-state index is 5.81. The lowest BCUT2D eigenvalue weighted by Crippen LogP contribution is -2.38. The largest absolute Gasteiger partial charge is 0.389 e. The van der Waals surface area contributed by atoms with Crippen molar-refractivity contribution in [1.29, 1.82) is 0 Å². The highest BCUT2D eigenvalue weighted by Gasteiger charge is 2.17. The quantitative estimate of drug-likeness (QED) is 0.591. The fourth-order valence-corrected chi connectivity index (χ4v) is 3.85. The summed E-state index contributed by atoms with van der Waals surface area (Å²) in [5.74, 6) is 0. The fourth-order valence-electron chi connectivity index (χ4n) is 2.92. The van der Waals surface area contributed by atoms with Crippen LogP contribution >= 0.6 is 28.1 Å². The molecule has 0 radical (unpaired) electrons. The smallest absolute Gasteiger partial charge is 0.107 e. The molecule has 1 heterocycles. The first-order valence-corrected chi connectivity index (χ1v) is 8.86. The molecule has 0 aliphatic carbocycles. The molecular formula is C16H24BrN3S. The molecule has 1 fully saturated rings. The Hall–Kier alpha value is -0.650. The number of halogens is 1. The summed E-state index contributed by atoms with van der Waals surface area (Å²) in [4.78, 5) is 3.02. The average Bonchev–Trinajstić information content (AvgIpc) is 2.45. The SMILES string of the molecule is CC1CCCCN1CCCNc1cccc(Br)c1C(N)=S. The minimum Gasteiger partial charge on any atom is -0.389 e. The summed E-state index contributed by atoms with van der Waals surface area (Å²) in [5.41, 5.74) is 7.73. The Morgan fingerprint density at radius 2 is 2.29 bits per heavy atom. The summed E-state index contributed by atoms with van der Waals surface area (Å²) in [6.45, 7) is 5.68. The molecule has 1 saturated heterocycles. The van der Waals surface area contributed by atoms with Gasteiger partial charge >= 0.3 is 0 Å². The molecule has 0 spiro atoms. The Kier molecular flexibility index (Phi) is 6.45. The summed E-state index contributed by atoms with van der Waals surface area (Å²) in [6, 6.07) is 6.73. The van der Waals surface area contributed by atoms with Crippen LogP contribution in [0.25, 0.3) is 0 Å². The van der Waals surface area contributed by atoms with Crippen molar-refractivity contribution >= 4 is 38.8 Å². The predicted octanol–water partition coefficient (Wildman–Crippen LogP) is 3.76. The first-order valence-electron chi connectivity index (χ1n) is 7.66. The van der Waals surface area contributed by atoms with Gasteiger partial charge in [-0.1, -0.05) is 24.7 Å². The van der Waals surface area contributed by atoms with Gasteiger partial charge in [-0.15, -0.1) is 0 Å². The maximum absolute atomic E-state index is 5.81. The molecule has 1 unspecified atom stereocenters. The van der Waals surface area contributed by atoms with Crippen molar-refractivity contribution in [3.05, 3.63) is 28.2 Å². The van der Waals surface area contributed by atoms with Crippen LogP contribution in [0.1, 0.15) is 38.2 Å². The number of hydrogen-bond donors (Lipinski definition) is 2. The van der Waals surface area contributed by atoms with Gasteiger partial charge in [0.15, 0.2) is 0 Å². The van der Waals surface area contributed by atoms with Gasteiger partial charge in [-0.3, -0.25) is 0 Å². The lowest BCUT2D eigenvalue weighted by molar-refractivity contribution is 0.160. The van der Waals surface area contributed by atoms with Crippen molar-refractivity contribution in [3.63, 3.8) is 0 Å². The third-order valence-electron chi connectivity index (χ3n) is 4.14. The van der Waals surface area contributed by atoms with E-state index in [2.05, 4.69) is 33.1 Å². The zero-order chi connectivity index (χ0) is 15.2. The van der Waals surface area contributed by atoms with Crippen LogP contribution in [0.2, 0.25) is 0 Å². The highest BCUT2D eigenvalue weighted by atomic mass is 79.9. The number of nitrogens with two attached hydrogens (primary N) is 1. The summed E-state index contributed by atoms with van der Waals surface area (Å²) < 4.78 is 0.949. The summed E-state index contributed by atoms with van der Waals surface area (Å²) in [7, 11) is 0. The number of nitrogens with one attached hydrogen (secondary N) is 1. The van der Waals surface area contributed by atoms with Crippen LogP contribution in [-0.4, -0.2) is 35.6 Å². The second-order valence-corrected chi connectivity index (χ2v) is 6.98. The van der Waals surface area contributed by atoms with Gasteiger partial charge in [0.1, 0.15) is 4.99 Å². The number of nitrogens with zero attached hydrogens (tertiary/aromatic N) is 1. The van der Waals surface area contributed by atoms with E-state index >= 15 is 0 Å². The molecule has 5 heteroatoms. The molecule has 3 N–H and O–H groups in total. The number of hydrogen-bond acceptors (Lipinski definition) is 3. The number of benzene rings is 1. The van der Waals surface area contributed by atoms with Gasteiger partial charge in [-0.2, -0.15) is 0 Å². The van der Waals surface area contributed by atoms with Crippen LogP contribution < -0.4 is 11.1 Å². The van der Waals surface area contributed by atoms with E-state index in [1.165, 1.54) is 25.8 Å². The molecule has 1 aromatic carbocycles. The first-order chi connectivity index (χ1) is 10.1. The average molecular weight is 370 g/mol. The normalized spacial score (nSPS) is 19.4. The van der Waals surface area contributed by atoms with E-state index in [1.54, 1.807) is 0 Å². The molecule has 1 aliphatic rings. The van der Waals surface area contributed by atoms with Gasteiger partial charge in [-0.05, 0) is 60.8 Å². The van der Waals surface area contributed by atoms with Crippen molar-refractivity contribution in [3.8, 4) is 0 Å². The molecule has 116 valence electrons. The standard InChI is InChI=1S/C16H24BrN3S/c1-12-6-2-3-10-20(12)11-5-9-19-14-8-4-7-13(17)15(14)16(18)21/h4,7-8,12,19H,2-3,5-6,9-11H2,1H3,(H2,18,21). The third-order valence-corrected chi connectivity index (χ3v) is 5.00. The molecule has 0 saturated carbocycles. The van der Waals surface area contributed by atoms with Gasteiger partial charge in [0.05, 0.1) is 0 Å². The van der Waals surface area contributed by atoms with E-state index in [0.29, 0.717) is 4.99 Å². The van der Waals surface area contributed by atoms with Crippen LogP contribution in [0.4, 0.5) is 5.69 Å². The molecule has 21 heavy (non-hydrogen) atoms. The minimum absolute atomic E-state index is 0.426. The maximum Gasteiger partial charge on any atom is 0.107 e. The molecule has 0 aromatic heterocycles. The highest BCUT2D eigenvalue weighted by molar-refractivity contribution is 9.10. The van der Waals surface area contributed by atoms with Gasteiger partial charge in [-0.25, -0.2) is 0 Å². The van der Waals surface area contributed by atoms with E-state index < -0.39 is 0 Å². The zero-order valence-electron chi connectivity index (χ0n) is 12.6. The summed E-state index contributed by atoms with van der Waals surface area (Å²) in [6.07, 6.45) is 5.19. The van der Waals surface area contributed by atoms with Gasteiger partial charge in [0.25, 0.3) is 0 Å². The van der Waals surface area contributed by atoms with E-state index in [-0.39, 0.29) is 0 Å². The number of likely N-dealkylation sites (tertiary alicyclic amines) is 1. The van der Waals surface area contributed by atoms with Crippen LogP contribution in [0.5, 0.6) is 0 Å². The first kappa shape index (κ1) is 16.7. The summed E-state index contributed by atoms with van der Waals surface area (Å²) >= 11 is 8.64. The molecule has 1 atom stereocenters. The second kappa shape index (κ2) is 8.11. The van der Waals surface area contributed by atoms with E-state index in [4.69, 9.17) is 18.0 Å². The van der Waals surface area contributed by atoms with Gasteiger partial charge in [0, 0.05) is 34.9 Å². The van der Waals surface area contributed by atoms with Crippen LogP contribution in [0.3, 0.4) is 0 Å². The third kappa shape index (κ3) is 4.66. The van der Waals surface area contributed by atoms with Crippen LogP contribution in [0, 0.1) is 0 Å². The van der Waals surface area contributed by atoms with Crippen LogP contribution in [0.15, 0.2) is 22.7 Å². The van der Waals surface area contributed by atoms with Gasteiger partial charge in [0.2, 0.25) is 0 Å². The molecule has 3 nitrogen and oxygen atoms in total. The number of piperidine rings is 1. The topological polar surface area (TPSA) is 41.3 Å². The molecule has 0 amide bonds. The van der Waals surface area contributed by atoms with Crippen LogP contribution in [-0.2, 0) is 0 Å². The van der Waals surface area contributed by atoms with E-state index in [1.807, 2.05) is 18.2 Å². The van der Waals surface area contributed by atoms with Crippen molar-refractivity contribution < 1.29 is 0 Å². The molecule has 1 aromatic rings. The molecule has 1 aliphatic heterocycles. The Labute approximate surface area is 141 Å². The Morgan fingerprint density at radius 3 is 3.00 bits per heavy atom. The van der Waals surface area contributed by atoms with Crippen molar-refractivity contribution in [1.82, 2.24) is 4.90 Å². The highest BCUT2D eigenvalue weighted by Crippen LogP contribution is 2.24. The predicted molar refractivity (Wildman–Crippen MR) is 98.0 cm³/mol. The molecule has 0 bridgehead atoms. The Bertz CT molecular complexity index is 492. The van der Waals surface area contributed by atoms with Crippen molar-refractivity contribution in [2.75, 3.05) is 25.0 Å². The van der Waals surface area contributed by atoms with E-state index in [0.717, 1.165) is 41.3 Å². The van der Waals surface area contributed by atoms with E-state index in [9.17, 15) is 0 Å². The minimum atomic E-state index is 0.426. The lowest BCUT2D eigenvalue weighted by Gasteiger charge is -2.33. The molecule has 2 rings (SSSR count). The number of thiocarbonyl (C=S) groups is 1. The lowest BCUT2D eigenvalue weighted by atomic mass is 10.0. The monoisotopic (exact) mass is 369 g/mol. The fraction of sp³-hybridized carbons (Fsp3) is 0.562. The Balaban J connectivity index is 1.84. The zero-order valence-corrected chi connectivity index (χ0v) is 15.0. The number of anilines is 1. The Morgan fingerprint density at radius 1 is 1.48 bits per heavy atom.